The Labute approximate surface area is 107 Å². The fraction of sp³-hybridized carbons (Fsp3) is 0.538. The van der Waals surface area contributed by atoms with E-state index in [0.717, 1.165) is 25.2 Å². The normalized spacial score (nSPS) is 17.8. The van der Waals surface area contributed by atoms with E-state index in [1.807, 2.05) is 13.1 Å². The highest BCUT2D eigenvalue weighted by molar-refractivity contribution is 5.36. The zero-order chi connectivity index (χ0) is 13.0. The van der Waals surface area contributed by atoms with Gasteiger partial charge in [-0.2, -0.15) is 0 Å². The maximum atomic E-state index is 10.8. The van der Waals surface area contributed by atoms with Gasteiger partial charge in [0.1, 0.15) is 0 Å². The lowest BCUT2D eigenvalue weighted by Gasteiger charge is -2.23. The van der Waals surface area contributed by atoms with Crippen LogP contribution in [0.15, 0.2) is 24.3 Å². The van der Waals surface area contributed by atoms with E-state index in [-0.39, 0.29) is 16.7 Å². The van der Waals surface area contributed by atoms with Crippen LogP contribution in [0.1, 0.15) is 24.4 Å². The molecule has 0 amide bonds. The molecule has 1 atom stereocenters. The summed E-state index contributed by atoms with van der Waals surface area (Å²) in [5.41, 5.74) is 1.15. The molecule has 98 valence electrons. The Morgan fingerprint density at radius 2 is 2.17 bits per heavy atom. The molecule has 0 spiro atoms. The average molecular weight is 249 g/mol. The van der Waals surface area contributed by atoms with Crippen LogP contribution in [-0.4, -0.2) is 36.5 Å². The lowest BCUT2D eigenvalue weighted by atomic mass is 10.1. The van der Waals surface area contributed by atoms with E-state index >= 15 is 0 Å². The van der Waals surface area contributed by atoms with Crippen LogP contribution in [0, 0.1) is 10.1 Å². The zero-order valence-corrected chi connectivity index (χ0v) is 10.6. The first-order chi connectivity index (χ1) is 8.70. The van der Waals surface area contributed by atoms with Gasteiger partial charge in [0.05, 0.1) is 4.92 Å². The molecule has 0 saturated carbocycles. The molecule has 1 aromatic carbocycles. The van der Waals surface area contributed by atoms with Crippen molar-refractivity contribution in [2.24, 2.45) is 0 Å². The van der Waals surface area contributed by atoms with Crippen LogP contribution >= 0.6 is 0 Å². The van der Waals surface area contributed by atoms with E-state index in [9.17, 15) is 10.1 Å². The molecule has 0 aromatic heterocycles. The van der Waals surface area contributed by atoms with Gasteiger partial charge in [-0.25, -0.2) is 0 Å². The van der Waals surface area contributed by atoms with Crippen molar-refractivity contribution in [2.75, 3.05) is 26.7 Å². The number of hydrogen-bond donors (Lipinski definition) is 1. The maximum Gasteiger partial charge on any atom is 0.269 e. The van der Waals surface area contributed by atoms with Crippen molar-refractivity contribution in [1.82, 2.24) is 10.2 Å². The molecule has 1 aliphatic heterocycles. The van der Waals surface area contributed by atoms with Gasteiger partial charge in [-0.3, -0.25) is 10.1 Å². The van der Waals surface area contributed by atoms with Gasteiger partial charge in [0.2, 0.25) is 0 Å². The summed E-state index contributed by atoms with van der Waals surface area (Å²) in [5, 5.41) is 14.0. The lowest BCUT2D eigenvalue weighted by molar-refractivity contribution is -0.384. The topological polar surface area (TPSA) is 58.4 Å². The van der Waals surface area contributed by atoms with E-state index in [1.54, 1.807) is 12.1 Å². The first-order valence-corrected chi connectivity index (χ1v) is 6.34. The van der Waals surface area contributed by atoms with Crippen molar-refractivity contribution in [3.63, 3.8) is 0 Å². The second kappa shape index (κ2) is 5.93. The third-order valence-corrected chi connectivity index (χ3v) is 3.47. The van der Waals surface area contributed by atoms with E-state index < -0.39 is 0 Å². The number of non-ortho nitro benzene ring substituents is 1. The summed E-state index contributed by atoms with van der Waals surface area (Å²) in [6, 6.07) is 7.05. The molecule has 1 unspecified atom stereocenters. The Hall–Kier alpha value is -1.46. The molecule has 2 rings (SSSR count). The van der Waals surface area contributed by atoms with Gasteiger partial charge in [0, 0.05) is 24.7 Å². The number of nitro groups is 1. The molecule has 5 nitrogen and oxygen atoms in total. The fourth-order valence-corrected chi connectivity index (χ4v) is 2.44. The van der Waals surface area contributed by atoms with Crippen LogP contribution in [0.25, 0.3) is 0 Å². The third kappa shape index (κ3) is 3.05. The Morgan fingerprint density at radius 1 is 1.44 bits per heavy atom. The van der Waals surface area contributed by atoms with Gasteiger partial charge in [-0.15, -0.1) is 0 Å². The second-order valence-electron chi connectivity index (χ2n) is 4.70. The molecule has 0 bridgehead atoms. The molecule has 1 N–H and O–H groups in total. The summed E-state index contributed by atoms with van der Waals surface area (Å²) in [6.45, 7) is 3.18. The Morgan fingerprint density at radius 3 is 2.78 bits per heavy atom. The molecular weight excluding hydrogens is 230 g/mol. The number of nitrogens with zero attached hydrogens (tertiary/aromatic N) is 2. The molecule has 0 aliphatic carbocycles. The molecule has 1 heterocycles. The minimum atomic E-state index is -0.341. The van der Waals surface area contributed by atoms with E-state index in [1.165, 1.54) is 18.9 Å². The number of nitro benzene ring substituents is 1. The van der Waals surface area contributed by atoms with Gasteiger partial charge < -0.3 is 10.2 Å². The molecule has 1 saturated heterocycles. The Balaban J connectivity index is 2.10. The molecule has 18 heavy (non-hydrogen) atoms. The number of nitrogens with one attached hydrogen (secondary N) is 1. The summed E-state index contributed by atoms with van der Waals surface area (Å²) < 4.78 is 0. The highest BCUT2D eigenvalue weighted by Crippen LogP contribution is 2.21. The van der Waals surface area contributed by atoms with Crippen LogP contribution in [0.3, 0.4) is 0 Å². The van der Waals surface area contributed by atoms with Gasteiger partial charge >= 0.3 is 0 Å². The Kier molecular flexibility index (Phi) is 4.28. The molecule has 1 fully saturated rings. The number of rotatable bonds is 5. The Bertz CT molecular complexity index is 416. The maximum absolute atomic E-state index is 10.8. The molecule has 1 aliphatic rings. The smallest absolute Gasteiger partial charge is 0.269 e. The van der Waals surface area contributed by atoms with Gasteiger partial charge in [0.25, 0.3) is 5.69 Å². The predicted octanol–water partition coefficient (Wildman–Crippen LogP) is 1.95. The van der Waals surface area contributed by atoms with Crippen molar-refractivity contribution >= 4 is 5.69 Å². The average Bonchev–Trinajstić information content (AvgIpc) is 2.89. The number of benzene rings is 1. The van der Waals surface area contributed by atoms with Gasteiger partial charge in [-0.1, -0.05) is 12.1 Å². The predicted molar refractivity (Wildman–Crippen MR) is 70.6 cm³/mol. The van der Waals surface area contributed by atoms with Crippen LogP contribution in [0.5, 0.6) is 0 Å². The first kappa shape index (κ1) is 13.0. The van der Waals surface area contributed by atoms with E-state index in [2.05, 4.69) is 10.2 Å². The fourth-order valence-electron chi connectivity index (χ4n) is 2.44. The van der Waals surface area contributed by atoms with Crippen LogP contribution in [-0.2, 0) is 0 Å². The molecular formula is C13H19N3O2. The number of hydrogen-bond acceptors (Lipinski definition) is 4. The summed E-state index contributed by atoms with van der Waals surface area (Å²) in [5.74, 6) is 0. The van der Waals surface area contributed by atoms with Crippen molar-refractivity contribution in [3.05, 3.63) is 39.9 Å². The highest BCUT2D eigenvalue weighted by Gasteiger charge is 2.19. The minimum absolute atomic E-state index is 0.156. The van der Waals surface area contributed by atoms with Gasteiger partial charge in [0.15, 0.2) is 0 Å². The lowest BCUT2D eigenvalue weighted by Crippen LogP contribution is -2.31. The number of likely N-dealkylation sites (N-methyl/N-ethyl adjacent to an activating group) is 1. The second-order valence-corrected chi connectivity index (χ2v) is 4.70. The van der Waals surface area contributed by atoms with Crippen LogP contribution in [0.2, 0.25) is 0 Å². The quantitative estimate of drug-likeness (QED) is 0.640. The molecule has 5 heteroatoms. The monoisotopic (exact) mass is 249 g/mol. The van der Waals surface area contributed by atoms with E-state index in [0.29, 0.717) is 0 Å². The molecule has 1 aromatic rings. The first-order valence-electron chi connectivity index (χ1n) is 6.34. The van der Waals surface area contributed by atoms with Crippen molar-refractivity contribution in [3.8, 4) is 0 Å². The van der Waals surface area contributed by atoms with Crippen LogP contribution < -0.4 is 5.32 Å². The summed E-state index contributed by atoms with van der Waals surface area (Å²) in [7, 11) is 1.90. The highest BCUT2D eigenvalue weighted by atomic mass is 16.6. The van der Waals surface area contributed by atoms with Crippen molar-refractivity contribution in [1.29, 1.82) is 0 Å². The zero-order valence-electron chi connectivity index (χ0n) is 10.6. The van der Waals surface area contributed by atoms with Gasteiger partial charge in [-0.05, 0) is 38.5 Å². The molecule has 0 radical (unpaired) electrons. The van der Waals surface area contributed by atoms with Crippen molar-refractivity contribution < 1.29 is 4.92 Å². The minimum Gasteiger partial charge on any atom is -0.312 e. The SMILES string of the molecule is CNC(CN1CCCC1)c1cccc([N+](=O)[O-])c1. The summed E-state index contributed by atoms with van der Waals surface area (Å²) >= 11 is 0. The van der Waals surface area contributed by atoms with E-state index in [4.69, 9.17) is 0 Å². The largest absolute Gasteiger partial charge is 0.312 e. The summed E-state index contributed by atoms with van der Waals surface area (Å²) in [4.78, 5) is 12.8. The van der Waals surface area contributed by atoms with Crippen LogP contribution in [0.4, 0.5) is 5.69 Å². The standard InChI is InChI=1S/C13H19N3O2/c1-14-13(10-15-7-2-3-8-15)11-5-4-6-12(9-11)16(17)18/h4-6,9,13-14H,2-3,7-8,10H2,1H3. The van der Waals surface area contributed by atoms with Crippen molar-refractivity contribution in [2.45, 2.75) is 18.9 Å². The third-order valence-electron chi connectivity index (χ3n) is 3.47. The summed E-state index contributed by atoms with van der Waals surface area (Å²) in [6.07, 6.45) is 2.51. The number of likely N-dealkylation sites (tertiary alicyclic amines) is 1.